The SMILES string of the molecule is COC(=O)C(C)c1c[nH]c(C(=O)OCc2cccc(C)c2)c1. The Kier molecular flexibility index (Phi) is 4.99. The third-order valence-electron chi connectivity index (χ3n) is 3.43. The molecule has 0 saturated heterocycles. The number of hydrogen-bond donors (Lipinski definition) is 1. The lowest BCUT2D eigenvalue weighted by Crippen LogP contribution is -2.10. The maximum Gasteiger partial charge on any atom is 0.355 e. The van der Waals surface area contributed by atoms with Crippen molar-refractivity contribution in [2.45, 2.75) is 26.4 Å². The Hall–Kier alpha value is -2.56. The molecule has 0 aliphatic carbocycles. The van der Waals surface area contributed by atoms with Crippen molar-refractivity contribution in [2.24, 2.45) is 0 Å². The summed E-state index contributed by atoms with van der Waals surface area (Å²) in [7, 11) is 1.34. The van der Waals surface area contributed by atoms with Crippen LogP contribution in [0.2, 0.25) is 0 Å². The zero-order chi connectivity index (χ0) is 16.1. The molecule has 0 fully saturated rings. The van der Waals surface area contributed by atoms with E-state index in [1.54, 1.807) is 19.2 Å². The van der Waals surface area contributed by atoms with Gasteiger partial charge in [-0.2, -0.15) is 0 Å². The standard InChI is InChI=1S/C17H19NO4/c1-11-5-4-6-13(7-11)10-22-17(20)15-8-14(9-18-15)12(2)16(19)21-3/h4-9,12,18H,10H2,1-3H3. The highest BCUT2D eigenvalue weighted by molar-refractivity contribution is 5.88. The maximum atomic E-state index is 12.0. The molecule has 1 atom stereocenters. The van der Waals surface area contributed by atoms with E-state index >= 15 is 0 Å². The first-order chi connectivity index (χ1) is 10.5. The molecular weight excluding hydrogens is 282 g/mol. The molecule has 0 saturated carbocycles. The molecule has 0 spiro atoms. The summed E-state index contributed by atoms with van der Waals surface area (Å²) in [5.74, 6) is -1.23. The summed E-state index contributed by atoms with van der Waals surface area (Å²) < 4.78 is 9.95. The minimum Gasteiger partial charge on any atom is -0.469 e. The van der Waals surface area contributed by atoms with Crippen LogP contribution in [0.25, 0.3) is 0 Å². The van der Waals surface area contributed by atoms with Gasteiger partial charge in [-0.3, -0.25) is 4.79 Å². The van der Waals surface area contributed by atoms with Gasteiger partial charge in [0.2, 0.25) is 0 Å². The number of nitrogens with one attached hydrogen (secondary N) is 1. The van der Waals surface area contributed by atoms with E-state index < -0.39 is 11.9 Å². The zero-order valence-electron chi connectivity index (χ0n) is 12.9. The van der Waals surface area contributed by atoms with Crippen LogP contribution < -0.4 is 0 Å². The number of aryl methyl sites for hydroxylation is 1. The largest absolute Gasteiger partial charge is 0.469 e. The van der Waals surface area contributed by atoms with Crippen molar-refractivity contribution in [2.75, 3.05) is 7.11 Å². The third kappa shape index (κ3) is 3.75. The molecule has 1 unspecified atom stereocenters. The van der Waals surface area contributed by atoms with Crippen molar-refractivity contribution >= 4 is 11.9 Å². The summed E-state index contributed by atoms with van der Waals surface area (Å²) in [6.07, 6.45) is 1.62. The van der Waals surface area contributed by atoms with Crippen LogP contribution in [0, 0.1) is 6.92 Å². The summed E-state index contributed by atoms with van der Waals surface area (Å²) in [5, 5.41) is 0. The van der Waals surface area contributed by atoms with Gasteiger partial charge in [0.25, 0.3) is 0 Å². The minimum atomic E-state index is -0.454. The van der Waals surface area contributed by atoms with Crippen molar-refractivity contribution in [3.8, 4) is 0 Å². The number of rotatable bonds is 5. The van der Waals surface area contributed by atoms with Crippen LogP contribution in [-0.2, 0) is 20.9 Å². The summed E-state index contributed by atoms with van der Waals surface area (Å²) in [6, 6.07) is 9.38. The number of esters is 2. The average Bonchev–Trinajstić information content (AvgIpc) is 3.01. The molecule has 0 bridgehead atoms. The number of benzene rings is 1. The van der Waals surface area contributed by atoms with Gasteiger partial charge >= 0.3 is 11.9 Å². The van der Waals surface area contributed by atoms with E-state index in [1.807, 2.05) is 31.2 Å². The molecule has 22 heavy (non-hydrogen) atoms. The van der Waals surface area contributed by atoms with Gasteiger partial charge < -0.3 is 14.5 Å². The van der Waals surface area contributed by atoms with Gasteiger partial charge in [0.15, 0.2) is 0 Å². The van der Waals surface area contributed by atoms with Crippen molar-refractivity contribution in [3.05, 3.63) is 58.9 Å². The number of hydrogen-bond acceptors (Lipinski definition) is 4. The van der Waals surface area contributed by atoms with Crippen LogP contribution in [0.4, 0.5) is 0 Å². The molecule has 0 radical (unpaired) electrons. The number of H-pyrrole nitrogens is 1. The van der Waals surface area contributed by atoms with Gasteiger partial charge in [0, 0.05) is 6.20 Å². The Labute approximate surface area is 129 Å². The van der Waals surface area contributed by atoms with Crippen molar-refractivity contribution in [1.29, 1.82) is 0 Å². The van der Waals surface area contributed by atoms with Gasteiger partial charge in [-0.15, -0.1) is 0 Å². The zero-order valence-corrected chi connectivity index (χ0v) is 12.9. The van der Waals surface area contributed by atoms with Gasteiger partial charge in [0.1, 0.15) is 12.3 Å². The first-order valence-electron chi connectivity index (χ1n) is 7.00. The molecule has 0 amide bonds. The van der Waals surface area contributed by atoms with E-state index in [-0.39, 0.29) is 12.6 Å². The van der Waals surface area contributed by atoms with Gasteiger partial charge in [-0.25, -0.2) is 4.79 Å². The molecule has 1 aromatic carbocycles. The fraction of sp³-hybridized carbons (Fsp3) is 0.294. The smallest absolute Gasteiger partial charge is 0.355 e. The molecular formula is C17H19NO4. The van der Waals surface area contributed by atoms with E-state index in [0.717, 1.165) is 11.1 Å². The Morgan fingerprint density at radius 2 is 2.05 bits per heavy atom. The number of ether oxygens (including phenoxy) is 2. The summed E-state index contributed by atoms with van der Waals surface area (Å²) in [5.41, 5.74) is 3.05. The average molecular weight is 301 g/mol. The van der Waals surface area contributed by atoms with E-state index in [0.29, 0.717) is 11.3 Å². The molecule has 2 rings (SSSR count). The monoisotopic (exact) mass is 301 g/mol. The summed E-state index contributed by atoms with van der Waals surface area (Å²) in [6.45, 7) is 3.91. The Morgan fingerprint density at radius 3 is 2.73 bits per heavy atom. The Bertz CT molecular complexity index is 675. The van der Waals surface area contributed by atoms with E-state index in [9.17, 15) is 9.59 Å². The van der Waals surface area contributed by atoms with Crippen LogP contribution in [0.3, 0.4) is 0 Å². The number of methoxy groups -OCH3 is 1. The van der Waals surface area contributed by atoms with Crippen LogP contribution in [0.5, 0.6) is 0 Å². The molecule has 5 nitrogen and oxygen atoms in total. The number of aromatic amines is 1. The highest BCUT2D eigenvalue weighted by Gasteiger charge is 2.19. The molecule has 1 N–H and O–H groups in total. The second-order valence-corrected chi connectivity index (χ2v) is 5.16. The Balaban J connectivity index is 1.99. The van der Waals surface area contributed by atoms with Crippen LogP contribution in [0.1, 0.15) is 40.0 Å². The lowest BCUT2D eigenvalue weighted by atomic mass is 10.1. The fourth-order valence-corrected chi connectivity index (χ4v) is 2.12. The minimum absolute atomic E-state index is 0.210. The topological polar surface area (TPSA) is 68.4 Å². The van der Waals surface area contributed by atoms with Crippen LogP contribution in [0.15, 0.2) is 36.5 Å². The van der Waals surface area contributed by atoms with Crippen molar-refractivity contribution in [1.82, 2.24) is 4.98 Å². The van der Waals surface area contributed by atoms with E-state index in [1.165, 1.54) is 7.11 Å². The summed E-state index contributed by atoms with van der Waals surface area (Å²) in [4.78, 5) is 26.3. The fourth-order valence-electron chi connectivity index (χ4n) is 2.12. The van der Waals surface area contributed by atoms with Crippen molar-refractivity contribution in [3.63, 3.8) is 0 Å². The predicted octanol–water partition coefficient (Wildman–Crippen LogP) is 2.96. The first kappa shape index (κ1) is 15.8. The van der Waals surface area contributed by atoms with Gasteiger partial charge in [-0.05, 0) is 31.0 Å². The number of carbonyl (C=O) groups excluding carboxylic acids is 2. The Morgan fingerprint density at radius 1 is 1.27 bits per heavy atom. The molecule has 0 aliphatic rings. The molecule has 1 aromatic heterocycles. The number of carbonyl (C=O) groups is 2. The van der Waals surface area contributed by atoms with Crippen molar-refractivity contribution < 1.29 is 19.1 Å². The molecule has 5 heteroatoms. The molecule has 116 valence electrons. The number of aromatic nitrogens is 1. The van der Waals surface area contributed by atoms with E-state index in [2.05, 4.69) is 9.72 Å². The molecule has 1 heterocycles. The molecule has 0 aliphatic heterocycles. The summed E-state index contributed by atoms with van der Waals surface area (Å²) >= 11 is 0. The highest BCUT2D eigenvalue weighted by Crippen LogP contribution is 2.18. The van der Waals surface area contributed by atoms with Gasteiger partial charge in [0.05, 0.1) is 13.0 Å². The predicted molar refractivity (Wildman–Crippen MR) is 81.5 cm³/mol. The first-order valence-corrected chi connectivity index (χ1v) is 7.00. The van der Waals surface area contributed by atoms with Crippen LogP contribution in [-0.4, -0.2) is 24.0 Å². The van der Waals surface area contributed by atoms with Crippen LogP contribution >= 0.6 is 0 Å². The second kappa shape index (κ2) is 6.93. The molecule has 2 aromatic rings. The lowest BCUT2D eigenvalue weighted by Gasteiger charge is -2.06. The highest BCUT2D eigenvalue weighted by atomic mass is 16.5. The van der Waals surface area contributed by atoms with Gasteiger partial charge in [-0.1, -0.05) is 29.8 Å². The quantitative estimate of drug-likeness (QED) is 0.862. The third-order valence-corrected chi connectivity index (χ3v) is 3.43. The second-order valence-electron chi connectivity index (χ2n) is 5.16. The normalized spacial score (nSPS) is 11.8. The maximum absolute atomic E-state index is 12.0. The van der Waals surface area contributed by atoms with E-state index in [4.69, 9.17) is 4.74 Å². The lowest BCUT2D eigenvalue weighted by molar-refractivity contribution is -0.141.